The largest absolute Gasteiger partial charge is 0.416 e. The van der Waals surface area contributed by atoms with E-state index in [0.717, 1.165) is 17.7 Å². The smallest absolute Gasteiger partial charge is 0.251 e. The lowest BCUT2D eigenvalue weighted by atomic mass is 9.69. The molecule has 0 aliphatic carbocycles. The van der Waals surface area contributed by atoms with Crippen molar-refractivity contribution in [1.29, 1.82) is 0 Å². The van der Waals surface area contributed by atoms with Crippen molar-refractivity contribution < 1.29 is 21.8 Å². The molecule has 0 bridgehead atoms. The fourth-order valence-electron chi connectivity index (χ4n) is 3.87. The van der Waals surface area contributed by atoms with Crippen LogP contribution < -0.4 is 5.14 Å². The summed E-state index contributed by atoms with van der Waals surface area (Å²) in [6.07, 6.45) is -1.64. The monoisotopic (exact) mass is 465 g/mol. The quantitative estimate of drug-likeness (QED) is 0.502. The molecule has 1 heterocycles. The lowest BCUT2D eigenvalue weighted by Crippen LogP contribution is -2.44. The first-order chi connectivity index (χ1) is 14.9. The summed E-state index contributed by atoms with van der Waals surface area (Å²) in [6.45, 7) is 3.30. The number of hydrogen-bond donors (Lipinski definition) is 1. The zero-order chi connectivity index (χ0) is 23.6. The molecule has 32 heavy (non-hydrogen) atoms. The van der Waals surface area contributed by atoms with Gasteiger partial charge in [-0.05, 0) is 62.1 Å². The zero-order valence-electron chi connectivity index (χ0n) is 17.6. The maximum Gasteiger partial charge on any atom is 0.416 e. The first-order valence-corrected chi connectivity index (χ1v) is 11.0. The third-order valence-electron chi connectivity index (χ3n) is 5.39. The molecular formula is C23H23F4N3OS. The van der Waals surface area contributed by atoms with E-state index < -0.39 is 38.7 Å². The van der Waals surface area contributed by atoms with E-state index in [2.05, 4.69) is 9.97 Å². The zero-order valence-corrected chi connectivity index (χ0v) is 18.4. The minimum Gasteiger partial charge on any atom is -0.251 e. The topological polar surface area (TPSA) is 68.9 Å². The Morgan fingerprint density at radius 3 is 2.09 bits per heavy atom. The molecule has 0 radical (unpaired) electrons. The molecule has 2 aromatic carbocycles. The van der Waals surface area contributed by atoms with Gasteiger partial charge in [0.2, 0.25) is 0 Å². The van der Waals surface area contributed by atoms with Gasteiger partial charge in [0.25, 0.3) is 0 Å². The summed E-state index contributed by atoms with van der Waals surface area (Å²) in [5.41, 5.74) is -1.63. The van der Waals surface area contributed by atoms with Crippen LogP contribution in [-0.2, 0) is 29.0 Å². The highest BCUT2D eigenvalue weighted by molar-refractivity contribution is 7.84. The molecule has 2 N–H and O–H groups in total. The summed E-state index contributed by atoms with van der Waals surface area (Å²) < 4.78 is 66.5. The average Bonchev–Trinajstić information content (AvgIpc) is 2.73. The minimum absolute atomic E-state index is 0.0166. The molecule has 0 aliphatic heterocycles. The van der Waals surface area contributed by atoms with Crippen LogP contribution in [0.3, 0.4) is 0 Å². The van der Waals surface area contributed by atoms with Crippen molar-refractivity contribution in [2.24, 2.45) is 5.14 Å². The van der Waals surface area contributed by atoms with Gasteiger partial charge in [-0.25, -0.2) is 18.6 Å². The van der Waals surface area contributed by atoms with Gasteiger partial charge in [0.1, 0.15) is 11.6 Å². The van der Waals surface area contributed by atoms with Crippen LogP contribution in [0.2, 0.25) is 0 Å². The van der Waals surface area contributed by atoms with Gasteiger partial charge >= 0.3 is 6.18 Å². The Morgan fingerprint density at radius 1 is 0.938 bits per heavy atom. The Balaban J connectivity index is 2.35. The molecular weight excluding hydrogens is 442 g/mol. The van der Waals surface area contributed by atoms with Crippen LogP contribution in [0, 0.1) is 5.82 Å². The second-order valence-corrected chi connectivity index (χ2v) is 9.98. The summed E-state index contributed by atoms with van der Waals surface area (Å²) in [6, 6.07) is 13.0. The Morgan fingerprint density at radius 2 is 1.53 bits per heavy atom. The molecule has 170 valence electrons. The average molecular weight is 466 g/mol. The van der Waals surface area contributed by atoms with Crippen LogP contribution in [0.1, 0.15) is 42.8 Å². The van der Waals surface area contributed by atoms with Gasteiger partial charge in [-0.1, -0.05) is 30.3 Å². The molecule has 1 aromatic heterocycles. The van der Waals surface area contributed by atoms with Crippen molar-refractivity contribution in [3.05, 3.63) is 95.3 Å². The van der Waals surface area contributed by atoms with Crippen LogP contribution in [0.15, 0.2) is 67.0 Å². The number of alkyl halides is 3. The Hall–Kier alpha value is -2.65. The molecule has 0 aliphatic rings. The van der Waals surface area contributed by atoms with E-state index in [1.54, 1.807) is 32.0 Å². The van der Waals surface area contributed by atoms with E-state index in [4.69, 9.17) is 5.14 Å². The van der Waals surface area contributed by atoms with Gasteiger partial charge in [-0.15, -0.1) is 0 Å². The second-order valence-electron chi connectivity index (χ2n) is 8.28. The second kappa shape index (κ2) is 9.07. The van der Waals surface area contributed by atoms with Crippen molar-refractivity contribution >= 4 is 11.0 Å². The normalized spacial score (nSPS) is 15.2. The van der Waals surface area contributed by atoms with Crippen molar-refractivity contribution in [3.63, 3.8) is 0 Å². The van der Waals surface area contributed by atoms with Gasteiger partial charge in [-0.2, -0.15) is 13.2 Å². The molecule has 0 saturated heterocycles. The van der Waals surface area contributed by atoms with Crippen LogP contribution in [0.4, 0.5) is 17.6 Å². The summed E-state index contributed by atoms with van der Waals surface area (Å²) in [5.74, 6) is -0.837. The van der Waals surface area contributed by atoms with E-state index in [1.807, 2.05) is 18.2 Å². The lowest BCUT2D eigenvalue weighted by molar-refractivity contribution is -0.137. The van der Waals surface area contributed by atoms with Crippen molar-refractivity contribution in [1.82, 2.24) is 9.97 Å². The molecule has 0 spiro atoms. The van der Waals surface area contributed by atoms with Crippen molar-refractivity contribution in [3.8, 4) is 0 Å². The Kier molecular flexibility index (Phi) is 6.80. The van der Waals surface area contributed by atoms with Crippen LogP contribution in [-0.4, -0.2) is 18.9 Å². The number of rotatable bonds is 7. The van der Waals surface area contributed by atoms with Crippen LogP contribution in [0.5, 0.6) is 0 Å². The molecule has 9 heteroatoms. The molecule has 0 saturated carbocycles. The van der Waals surface area contributed by atoms with Crippen molar-refractivity contribution in [2.45, 2.75) is 43.0 Å². The Labute approximate surface area is 186 Å². The summed E-state index contributed by atoms with van der Waals surface area (Å²) in [7, 11) is -1.83. The first kappa shape index (κ1) is 24.0. The molecule has 1 unspecified atom stereocenters. The molecule has 2 atom stereocenters. The maximum atomic E-state index is 14.5. The number of nitrogens with two attached hydrogens (primary N) is 1. The number of aromatic nitrogens is 2. The highest BCUT2D eigenvalue weighted by Crippen LogP contribution is 2.44. The standard InChI is InChI=1S/C23H23F4N3OS/c1-21(2,32(28)31)15-22(20-29-9-6-10-30-20,14-16-7-4-3-5-8-16)17-11-18(23(25,26)27)13-19(24)12-17/h3-13H,14-15,28H2,1-2H3/t22-,32?/m0/s1. The SMILES string of the molecule is CC(C)(C[C@@](Cc1ccccc1)(c1cc(F)cc(C(F)(F)F)c1)c1ncccn1)S(N)=O. The van der Waals surface area contributed by atoms with Crippen LogP contribution in [0.25, 0.3) is 0 Å². The summed E-state index contributed by atoms with van der Waals surface area (Å²) in [4.78, 5) is 8.67. The van der Waals surface area contributed by atoms with E-state index in [1.165, 1.54) is 12.4 Å². The van der Waals surface area contributed by atoms with E-state index in [-0.39, 0.29) is 24.2 Å². The molecule has 0 amide bonds. The van der Waals surface area contributed by atoms with Gasteiger partial charge in [-0.3, -0.25) is 5.14 Å². The number of halogens is 4. The highest BCUT2D eigenvalue weighted by Gasteiger charge is 2.45. The fourth-order valence-corrected chi connectivity index (χ4v) is 4.26. The highest BCUT2D eigenvalue weighted by atomic mass is 32.2. The predicted octanol–water partition coefficient (Wildman–Crippen LogP) is 4.95. The van der Waals surface area contributed by atoms with Gasteiger partial charge in [0.05, 0.1) is 26.7 Å². The van der Waals surface area contributed by atoms with E-state index in [0.29, 0.717) is 6.07 Å². The van der Waals surface area contributed by atoms with Gasteiger partial charge < -0.3 is 0 Å². The maximum absolute atomic E-state index is 14.5. The summed E-state index contributed by atoms with van der Waals surface area (Å²) >= 11 is 0. The van der Waals surface area contributed by atoms with E-state index >= 15 is 0 Å². The molecule has 0 fully saturated rings. The number of benzene rings is 2. The molecule has 3 rings (SSSR count). The van der Waals surface area contributed by atoms with Gasteiger partial charge in [0.15, 0.2) is 0 Å². The molecule has 4 nitrogen and oxygen atoms in total. The van der Waals surface area contributed by atoms with Crippen molar-refractivity contribution in [2.75, 3.05) is 0 Å². The van der Waals surface area contributed by atoms with E-state index in [9.17, 15) is 21.8 Å². The van der Waals surface area contributed by atoms with Crippen LogP contribution >= 0.6 is 0 Å². The summed E-state index contributed by atoms with van der Waals surface area (Å²) in [5, 5.41) is 5.73. The molecule has 3 aromatic rings. The fraction of sp³-hybridized carbons (Fsp3) is 0.304. The predicted molar refractivity (Wildman–Crippen MR) is 115 cm³/mol. The minimum atomic E-state index is -4.75. The third kappa shape index (κ3) is 5.21. The lowest BCUT2D eigenvalue weighted by Gasteiger charge is -2.39. The Bertz CT molecular complexity index is 1090. The number of nitrogens with zero attached hydrogens (tertiary/aromatic N) is 2. The first-order valence-electron chi connectivity index (χ1n) is 9.80. The number of hydrogen-bond acceptors (Lipinski definition) is 3. The van der Waals surface area contributed by atoms with Gasteiger partial charge in [0, 0.05) is 12.4 Å². The third-order valence-corrected chi connectivity index (χ3v) is 6.63.